The third-order valence-corrected chi connectivity index (χ3v) is 5.01. The first kappa shape index (κ1) is 15.4. The number of nitrogens with one attached hydrogen (secondary N) is 1. The van der Waals surface area contributed by atoms with Gasteiger partial charge in [-0.2, -0.15) is 0 Å². The fourth-order valence-electron chi connectivity index (χ4n) is 2.60. The highest BCUT2D eigenvalue weighted by atomic mass is 32.1. The van der Waals surface area contributed by atoms with Crippen LogP contribution in [-0.2, 0) is 6.42 Å². The van der Waals surface area contributed by atoms with E-state index >= 15 is 0 Å². The lowest BCUT2D eigenvalue weighted by atomic mass is 9.79. The molecule has 1 aliphatic rings. The first-order chi connectivity index (χ1) is 10.6. The molecule has 0 atom stereocenters. The van der Waals surface area contributed by atoms with Gasteiger partial charge in [-0.25, -0.2) is 15.0 Å². The molecule has 3 N–H and O–H groups in total. The fraction of sp³-hybridized carbons (Fsp3) is 0.562. The molecular formula is C16H23N5S. The maximum absolute atomic E-state index is 5.85. The van der Waals surface area contributed by atoms with Crippen LogP contribution in [0.15, 0.2) is 17.8 Å². The van der Waals surface area contributed by atoms with Crippen LogP contribution in [0.1, 0.15) is 54.9 Å². The second-order valence-electron chi connectivity index (χ2n) is 6.25. The summed E-state index contributed by atoms with van der Waals surface area (Å²) < 4.78 is 0. The second-order valence-corrected chi connectivity index (χ2v) is 7.20. The van der Waals surface area contributed by atoms with E-state index in [0.717, 1.165) is 37.3 Å². The lowest BCUT2D eigenvalue weighted by Gasteiger charge is -2.31. The van der Waals surface area contributed by atoms with Gasteiger partial charge in [0.05, 0.1) is 10.7 Å². The smallest absolute Gasteiger partial charge is 0.129 e. The highest BCUT2D eigenvalue weighted by Gasteiger charge is 2.28. The predicted molar refractivity (Wildman–Crippen MR) is 90.4 cm³/mol. The summed E-state index contributed by atoms with van der Waals surface area (Å²) in [5, 5.41) is 6.70. The van der Waals surface area contributed by atoms with Crippen molar-refractivity contribution in [2.24, 2.45) is 5.73 Å². The normalized spacial score (nSPS) is 20.9. The van der Waals surface area contributed by atoms with Gasteiger partial charge in [0.25, 0.3) is 0 Å². The van der Waals surface area contributed by atoms with Gasteiger partial charge in [0.2, 0.25) is 0 Å². The van der Waals surface area contributed by atoms with Crippen LogP contribution in [-0.4, -0.2) is 27.5 Å². The van der Waals surface area contributed by atoms with E-state index in [1.807, 2.05) is 0 Å². The minimum atomic E-state index is 0.344. The van der Waals surface area contributed by atoms with E-state index in [4.69, 9.17) is 5.73 Å². The lowest BCUT2D eigenvalue weighted by Crippen LogP contribution is -2.35. The average Bonchev–Trinajstić information content (AvgIpc) is 2.93. The van der Waals surface area contributed by atoms with Crippen LogP contribution in [0.5, 0.6) is 0 Å². The van der Waals surface area contributed by atoms with Gasteiger partial charge in [-0.3, -0.25) is 0 Å². The van der Waals surface area contributed by atoms with E-state index in [1.165, 1.54) is 10.7 Å². The van der Waals surface area contributed by atoms with E-state index in [9.17, 15) is 0 Å². The molecule has 1 aliphatic carbocycles. The van der Waals surface area contributed by atoms with Gasteiger partial charge in [-0.1, -0.05) is 13.8 Å². The van der Waals surface area contributed by atoms with Crippen LogP contribution in [0.25, 0.3) is 0 Å². The summed E-state index contributed by atoms with van der Waals surface area (Å²) in [4.78, 5) is 13.3. The van der Waals surface area contributed by atoms with Crippen LogP contribution in [0.2, 0.25) is 0 Å². The van der Waals surface area contributed by atoms with E-state index in [0.29, 0.717) is 17.9 Å². The molecule has 6 heteroatoms. The number of aromatic nitrogens is 3. The molecule has 0 radical (unpaired) electrons. The van der Waals surface area contributed by atoms with Crippen molar-refractivity contribution in [2.75, 3.05) is 11.9 Å². The maximum atomic E-state index is 5.85. The zero-order valence-corrected chi connectivity index (χ0v) is 13.9. The Morgan fingerprint density at radius 2 is 2.18 bits per heavy atom. The number of nitrogens with two attached hydrogens (primary N) is 1. The van der Waals surface area contributed by atoms with Crippen LogP contribution >= 0.6 is 11.3 Å². The summed E-state index contributed by atoms with van der Waals surface area (Å²) in [6.07, 6.45) is 4.63. The van der Waals surface area contributed by atoms with Crippen molar-refractivity contribution in [1.29, 1.82) is 0 Å². The summed E-state index contributed by atoms with van der Waals surface area (Å²) in [5.74, 6) is 1.90. The number of hydrogen-bond donors (Lipinski definition) is 2. The molecule has 118 valence electrons. The number of anilines is 1. The molecule has 2 aromatic heterocycles. The van der Waals surface area contributed by atoms with Gasteiger partial charge in [0.1, 0.15) is 12.1 Å². The topological polar surface area (TPSA) is 76.7 Å². The monoisotopic (exact) mass is 317 g/mol. The number of thiazole rings is 1. The van der Waals surface area contributed by atoms with E-state index in [-0.39, 0.29) is 0 Å². The Labute approximate surface area is 135 Å². The van der Waals surface area contributed by atoms with Crippen molar-refractivity contribution in [1.82, 2.24) is 15.0 Å². The molecule has 0 aromatic carbocycles. The summed E-state index contributed by atoms with van der Waals surface area (Å²) in [7, 11) is 0. The first-order valence-electron chi connectivity index (χ1n) is 7.87. The minimum Gasteiger partial charge on any atom is -0.370 e. The first-order valence-corrected chi connectivity index (χ1v) is 8.75. The Bertz CT molecular complexity index is 619. The fourth-order valence-corrected chi connectivity index (χ4v) is 3.56. The van der Waals surface area contributed by atoms with Crippen LogP contribution < -0.4 is 11.1 Å². The molecule has 5 nitrogen and oxygen atoms in total. The van der Waals surface area contributed by atoms with Crippen LogP contribution in [0.3, 0.4) is 0 Å². The van der Waals surface area contributed by atoms with Gasteiger partial charge < -0.3 is 11.1 Å². The SMILES string of the molecule is CC(C)c1csc(CCNc2cc(C3CC(N)C3)ncn2)n1. The van der Waals surface area contributed by atoms with Crippen molar-refractivity contribution in [3.8, 4) is 0 Å². The molecule has 0 amide bonds. The number of rotatable bonds is 6. The summed E-state index contributed by atoms with van der Waals surface area (Å²) >= 11 is 1.74. The summed E-state index contributed by atoms with van der Waals surface area (Å²) in [6.45, 7) is 5.18. The Morgan fingerprint density at radius 3 is 2.86 bits per heavy atom. The highest BCUT2D eigenvalue weighted by molar-refractivity contribution is 7.09. The average molecular weight is 317 g/mol. The molecule has 22 heavy (non-hydrogen) atoms. The van der Waals surface area contributed by atoms with Gasteiger partial charge >= 0.3 is 0 Å². The van der Waals surface area contributed by atoms with Crippen molar-refractivity contribution < 1.29 is 0 Å². The Hall–Kier alpha value is -1.53. The predicted octanol–water partition coefficient (Wildman–Crippen LogP) is 2.92. The van der Waals surface area contributed by atoms with Gasteiger partial charge in [-0.15, -0.1) is 11.3 Å². The zero-order valence-electron chi connectivity index (χ0n) is 13.1. The van der Waals surface area contributed by atoms with Crippen molar-refractivity contribution in [2.45, 2.75) is 51.0 Å². The number of hydrogen-bond acceptors (Lipinski definition) is 6. The van der Waals surface area contributed by atoms with Crippen molar-refractivity contribution in [3.05, 3.63) is 34.2 Å². The molecule has 0 saturated heterocycles. The third kappa shape index (κ3) is 3.62. The molecule has 0 unspecified atom stereocenters. The molecular weight excluding hydrogens is 294 g/mol. The zero-order chi connectivity index (χ0) is 15.5. The molecule has 2 heterocycles. The summed E-state index contributed by atoms with van der Waals surface area (Å²) in [6, 6.07) is 2.40. The lowest BCUT2D eigenvalue weighted by molar-refractivity contribution is 0.345. The van der Waals surface area contributed by atoms with Gasteiger partial charge in [0.15, 0.2) is 0 Å². The Balaban J connectivity index is 1.51. The Morgan fingerprint density at radius 1 is 1.36 bits per heavy atom. The molecule has 2 aromatic rings. The van der Waals surface area contributed by atoms with E-state index in [2.05, 4.69) is 45.6 Å². The van der Waals surface area contributed by atoms with E-state index < -0.39 is 0 Å². The van der Waals surface area contributed by atoms with Gasteiger partial charge in [0, 0.05) is 42.1 Å². The minimum absolute atomic E-state index is 0.344. The van der Waals surface area contributed by atoms with Crippen LogP contribution in [0, 0.1) is 0 Å². The van der Waals surface area contributed by atoms with Crippen LogP contribution in [0.4, 0.5) is 5.82 Å². The van der Waals surface area contributed by atoms with Crippen molar-refractivity contribution >= 4 is 17.2 Å². The largest absolute Gasteiger partial charge is 0.370 e. The maximum Gasteiger partial charge on any atom is 0.129 e. The molecule has 0 spiro atoms. The van der Waals surface area contributed by atoms with E-state index in [1.54, 1.807) is 17.7 Å². The standard InChI is InChI=1S/C16H23N5S/c1-10(2)14-8-22-16(21-14)3-4-18-15-7-13(19-9-20-15)11-5-12(17)6-11/h7-12H,3-6,17H2,1-2H3,(H,18,19,20). The summed E-state index contributed by atoms with van der Waals surface area (Å²) in [5.41, 5.74) is 8.14. The molecule has 0 bridgehead atoms. The quantitative estimate of drug-likeness (QED) is 0.856. The molecule has 3 rings (SSSR count). The second kappa shape index (κ2) is 6.71. The third-order valence-electron chi connectivity index (χ3n) is 4.09. The number of nitrogens with zero attached hydrogens (tertiary/aromatic N) is 3. The van der Waals surface area contributed by atoms with Crippen molar-refractivity contribution in [3.63, 3.8) is 0 Å². The Kier molecular flexibility index (Phi) is 4.69. The van der Waals surface area contributed by atoms with Gasteiger partial charge in [-0.05, 0) is 18.8 Å². The highest BCUT2D eigenvalue weighted by Crippen LogP contribution is 2.34. The molecule has 1 saturated carbocycles. The molecule has 1 fully saturated rings. The molecule has 0 aliphatic heterocycles.